The van der Waals surface area contributed by atoms with Crippen LogP contribution in [0.25, 0.3) is 3.33 Å². The molecule has 2 aliphatic carbocycles. The number of fused-ring (bicyclic) bond motifs is 1. The number of hydrogen-bond acceptors (Lipinski definition) is 0. The summed E-state index contributed by atoms with van der Waals surface area (Å²) in [5, 5.41) is 0. The van der Waals surface area contributed by atoms with Crippen molar-refractivity contribution in [3.63, 3.8) is 0 Å². The number of benzene rings is 1. The molecule has 2 aliphatic rings. The molecule has 0 heterocycles. The van der Waals surface area contributed by atoms with Gasteiger partial charge in [-0.2, -0.15) is 0 Å². The van der Waals surface area contributed by atoms with Gasteiger partial charge in [0.15, 0.2) is 0 Å². The molecule has 0 bridgehead atoms. The second-order valence-corrected chi connectivity index (χ2v) is 10.7. The normalized spacial score (nSPS) is 20.2. The predicted molar refractivity (Wildman–Crippen MR) is 78.6 cm³/mol. The summed E-state index contributed by atoms with van der Waals surface area (Å²) in [4.78, 5) is 0. The average molecular weight is 415 g/mol. The van der Waals surface area contributed by atoms with E-state index in [0.717, 1.165) is 3.67 Å². The maximum atomic E-state index is 2.56. The Bertz CT molecular complexity index is 549. The Labute approximate surface area is 127 Å². The monoisotopic (exact) mass is 416 g/mol. The van der Waals surface area contributed by atoms with Crippen molar-refractivity contribution in [3.8, 4) is 0 Å². The quantitative estimate of drug-likeness (QED) is 0.585. The topological polar surface area (TPSA) is 0 Å². The Kier molecular flexibility index (Phi) is 4.32. The van der Waals surface area contributed by atoms with Gasteiger partial charge in [0, 0.05) is 0 Å². The SMILES string of the molecule is CCCCC1=C[CH]([Hf][C]2=CCc3ccccc32)C=C1. The van der Waals surface area contributed by atoms with Crippen LogP contribution in [0.2, 0.25) is 3.67 Å². The third-order valence-corrected chi connectivity index (χ3v) is 9.19. The fraction of sp³-hybridized carbons (Fsp3) is 0.333. The van der Waals surface area contributed by atoms with Crippen molar-refractivity contribution >= 4 is 3.33 Å². The Morgan fingerprint density at radius 3 is 3.05 bits per heavy atom. The van der Waals surface area contributed by atoms with E-state index >= 15 is 0 Å². The van der Waals surface area contributed by atoms with E-state index in [-0.39, 0.29) is 0 Å². The van der Waals surface area contributed by atoms with Crippen molar-refractivity contribution in [2.75, 3.05) is 0 Å². The Balaban J connectivity index is 1.65. The number of rotatable bonds is 5. The van der Waals surface area contributed by atoms with Crippen molar-refractivity contribution in [3.05, 3.63) is 65.3 Å². The van der Waals surface area contributed by atoms with Gasteiger partial charge in [0.1, 0.15) is 0 Å². The zero-order chi connectivity index (χ0) is 13.1. The minimum absolute atomic E-state index is 0.750. The molecule has 1 atom stereocenters. The molecule has 0 N–H and O–H groups in total. The van der Waals surface area contributed by atoms with Gasteiger partial charge >= 0.3 is 128 Å². The first kappa shape index (κ1) is 13.3. The minimum atomic E-state index is -0.750. The molecule has 0 amide bonds. The van der Waals surface area contributed by atoms with E-state index in [0.29, 0.717) is 0 Å². The van der Waals surface area contributed by atoms with Gasteiger partial charge in [-0.05, 0) is 0 Å². The summed E-state index contributed by atoms with van der Waals surface area (Å²) in [7, 11) is 0. The first-order valence-corrected chi connectivity index (χ1v) is 11.2. The first-order valence-electron chi connectivity index (χ1n) is 7.30. The van der Waals surface area contributed by atoms with Crippen LogP contribution in [0.3, 0.4) is 0 Å². The van der Waals surface area contributed by atoms with E-state index in [1.807, 2.05) is 0 Å². The summed E-state index contributed by atoms with van der Waals surface area (Å²) in [6.45, 7) is 2.27. The van der Waals surface area contributed by atoms with Gasteiger partial charge in [-0.15, -0.1) is 0 Å². The molecule has 3 rings (SSSR count). The van der Waals surface area contributed by atoms with E-state index < -0.39 is 22.9 Å². The van der Waals surface area contributed by atoms with Gasteiger partial charge in [-0.25, -0.2) is 0 Å². The molecule has 0 saturated carbocycles. The Morgan fingerprint density at radius 2 is 2.16 bits per heavy atom. The molecular weight excluding hydrogens is 395 g/mol. The zero-order valence-corrected chi connectivity index (χ0v) is 15.1. The number of unbranched alkanes of at least 4 members (excludes halogenated alkanes) is 1. The van der Waals surface area contributed by atoms with E-state index in [4.69, 9.17) is 0 Å². The molecule has 0 saturated heterocycles. The molecule has 0 radical (unpaired) electrons. The predicted octanol–water partition coefficient (Wildman–Crippen LogP) is 5.14. The van der Waals surface area contributed by atoms with Gasteiger partial charge in [0.25, 0.3) is 0 Å². The summed E-state index contributed by atoms with van der Waals surface area (Å²) < 4.78 is 2.54. The van der Waals surface area contributed by atoms with Gasteiger partial charge in [0.05, 0.1) is 0 Å². The van der Waals surface area contributed by atoms with Crippen LogP contribution in [0.15, 0.2) is 54.1 Å². The Hall–Kier alpha value is -0.690. The second-order valence-electron chi connectivity index (χ2n) is 5.35. The van der Waals surface area contributed by atoms with Crippen molar-refractivity contribution < 1.29 is 22.9 Å². The van der Waals surface area contributed by atoms with E-state index in [2.05, 4.69) is 55.5 Å². The molecule has 0 spiro atoms. The van der Waals surface area contributed by atoms with Crippen LogP contribution in [0.1, 0.15) is 37.3 Å². The van der Waals surface area contributed by atoms with Crippen LogP contribution >= 0.6 is 0 Å². The standard InChI is InChI=1S/C9H7.C9H13.Hf/c1-2-5-9-7-3-6-8(9)4-1;1-2-3-6-9-7-4-5-8-9;/h1-5H,6H2;4-5,7-8H,2-3,6H2,1H3;. The van der Waals surface area contributed by atoms with Gasteiger partial charge in [0.2, 0.25) is 0 Å². The Morgan fingerprint density at radius 1 is 1.26 bits per heavy atom. The molecule has 19 heavy (non-hydrogen) atoms. The first-order chi connectivity index (χ1) is 9.36. The summed E-state index contributed by atoms with van der Waals surface area (Å²) in [6, 6.07) is 8.96. The molecule has 0 aromatic heterocycles. The van der Waals surface area contributed by atoms with Crippen LogP contribution in [-0.2, 0) is 29.3 Å². The molecule has 96 valence electrons. The molecule has 1 heteroatoms. The zero-order valence-electron chi connectivity index (χ0n) is 11.5. The molecule has 1 aromatic rings. The molecule has 0 aliphatic heterocycles. The van der Waals surface area contributed by atoms with Crippen molar-refractivity contribution in [1.82, 2.24) is 0 Å². The molecule has 0 fully saturated rings. The fourth-order valence-corrected chi connectivity index (χ4v) is 8.08. The van der Waals surface area contributed by atoms with Crippen LogP contribution in [0.5, 0.6) is 0 Å². The summed E-state index contributed by atoms with van der Waals surface area (Å²) in [5.41, 5.74) is 4.70. The maximum absolute atomic E-state index is 2.56. The van der Waals surface area contributed by atoms with Gasteiger partial charge in [-0.3, -0.25) is 0 Å². The van der Waals surface area contributed by atoms with Crippen LogP contribution in [0, 0.1) is 0 Å². The molecule has 0 nitrogen and oxygen atoms in total. The third-order valence-electron chi connectivity index (χ3n) is 3.89. The number of allylic oxidation sites excluding steroid dienone is 5. The average Bonchev–Trinajstić information content (AvgIpc) is 3.05. The second kappa shape index (κ2) is 6.17. The molecular formula is C18H20Hf. The number of hydrogen-bond donors (Lipinski definition) is 0. The van der Waals surface area contributed by atoms with Crippen LogP contribution in [0.4, 0.5) is 0 Å². The van der Waals surface area contributed by atoms with E-state index in [1.54, 1.807) is 20.0 Å². The third kappa shape index (κ3) is 3.08. The van der Waals surface area contributed by atoms with E-state index in [9.17, 15) is 0 Å². The summed E-state index contributed by atoms with van der Waals surface area (Å²) >= 11 is -0.750. The van der Waals surface area contributed by atoms with Crippen LogP contribution < -0.4 is 0 Å². The summed E-state index contributed by atoms with van der Waals surface area (Å²) in [5.74, 6) is 0. The van der Waals surface area contributed by atoms with Crippen LogP contribution in [-0.4, -0.2) is 0 Å². The summed E-state index contributed by atoms with van der Waals surface area (Å²) in [6.07, 6.45) is 15.0. The van der Waals surface area contributed by atoms with Crippen molar-refractivity contribution in [1.29, 1.82) is 0 Å². The molecule has 1 aromatic carbocycles. The van der Waals surface area contributed by atoms with Gasteiger partial charge in [-0.1, -0.05) is 0 Å². The van der Waals surface area contributed by atoms with Gasteiger partial charge < -0.3 is 0 Å². The fourth-order valence-electron chi connectivity index (χ4n) is 2.81. The van der Waals surface area contributed by atoms with Crippen molar-refractivity contribution in [2.45, 2.75) is 36.3 Å². The molecule has 1 unspecified atom stereocenters. The van der Waals surface area contributed by atoms with E-state index in [1.165, 1.54) is 25.7 Å². The van der Waals surface area contributed by atoms with Crippen molar-refractivity contribution in [2.24, 2.45) is 0 Å².